The lowest BCUT2D eigenvalue weighted by atomic mass is 10.1. The summed E-state index contributed by atoms with van der Waals surface area (Å²) in [7, 11) is -0.930. The Morgan fingerprint density at radius 1 is 0.864 bits per heavy atom. The number of benzene rings is 1. The fraction of sp³-hybridized carbons (Fsp3) is 0.619. The monoisotopic (exact) mass is 318 g/mol. The fourth-order valence-electron chi connectivity index (χ4n) is 3.27. The SMILES string of the molecule is CCCCc1ccc(C#CS(C(C)C)(C(C)C)C(C)C)cc1. The number of hydrogen-bond donors (Lipinski definition) is 0. The van der Waals surface area contributed by atoms with Gasteiger partial charge in [-0.25, -0.2) is 0 Å². The molecular weight excluding hydrogens is 284 g/mol. The van der Waals surface area contributed by atoms with Crippen molar-refractivity contribution < 1.29 is 0 Å². The standard InChI is InChI=1S/C21H34S/c1-8-9-10-20-11-13-21(14-12-20)15-16-22(17(2)3,18(4)5)19(6)7/h11-14,17-19H,8-10H2,1-7H3. The van der Waals surface area contributed by atoms with Crippen molar-refractivity contribution in [3.8, 4) is 11.2 Å². The van der Waals surface area contributed by atoms with Gasteiger partial charge in [-0.2, -0.15) is 10.0 Å². The van der Waals surface area contributed by atoms with E-state index < -0.39 is 10.0 Å². The molecule has 0 aliphatic rings. The molecule has 0 bridgehead atoms. The molecule has 22 heavy (non-hydrogen) atoms. The van der Waals surface area contributed by atoms with Crippen molar-refractivity contribution in [1.29, 1.82) is 0 Å². The Kier molecular flexibility index (Phi) is 7.57. The van der Waals surface area contributed by atoms with Gasteiger partial charge in [0.2, 0.25) is 0 Å². The second-order valence-electron chi connectivity index (χ2n) is 6.94. The van der Waals surface area contributed by atoms with E-state index in [0.29, 0.717) is 15.7 Å². The smallest absolute Gasteiger partial charge is 0.0253 e. The predicted molar refractivity (Wildman–Crippen MR) is 105 cm³/mol. The third-order valence-electron chi connectivity index (χ3n) is 4.49. The maximum atomic E-state index is 3.74. The molecule has 0 fully saturated rings. The molecule has 0 aliphatic carbocycles. The summed E-state index contributed by atoms with van der Waals surface area (Å²) in [5.74, 6) is 3.50. The van der Waals surface area contributed by atoms with Gasteiger partial charge in [0.15, 0.2) is 0 Å². The van der Waals surface area contributed by atoms with Gasteiger partial charge in [0.25, 0.3) is 0 Å². The molecule has 0 heterocycles. The van der Waals surface area contributed by atoms with E-state index >= 15 is 0 Å². The van der Waals surface area contributed by atoms with Gasteiger partial charge in [-0.05, 0) is 51.5 Å². The summed E-state index contributed by atoms with van der Waals surface area (Å²) in [6.45, 7) is 16.3. The first-order valence-corrected chi connectivity index (χ1v) is 10.6. The number of unbranched alkanes of at least 4 members (excludes halogenated alkanes) is 1. The van der Waals surface area contributed by atoms with Gasteiger partial charge >= 0.3 is 0 Å². The summed E-state index contributed by atoms with van der Waals surface area (Å²) < 4.78 is 0. The Balaban J connectivity index is 3.03. The highest BCUT2D eigenvalue weighted by Crippen LogP contribution is 2.59. The zero-order valence-electron chi connectivity index (χ0n) is 15.6. The maximum Gasteiger partial charge on any atom is 0.0253 e. The van der Waals surface area contributed by atoms with Gasteiger partial charge in [-0.15, -0.1) is 0 Å². The second-order valence-corrected chi connectivity index (χ2v) is 11.5. The summed E-state index contributed by atoms with van der Waals surface area (Å²) in [6, 6.07) is 8.89. The maximum absolute atomic E-state index is 3.74. The summed E-state index contributed by atoms with van der Waals surface area (Å²) in [5.41, 5.74) is 2.60. The largest absolute Gasteiger partial charge is 0.170 e. The molecule has 0 radical (unpaired) electrons. The zero-order valence-corrected chi connectivity index (χ0v) is 16.4. The lowest BCUT2D eigenvalue weighted by molar-refractivity contribution is 0.795. The summed E-state index contributed by atoms with van der Waals surface area (Å²) >= 11 is 0. The molecule has 0 unspecified atom stereocenters. The molecule has 0 aromatic heterocycles. The topological polar surface area (TPSA) is 0 Å². The minimum Gasteiger partial charge on any atom is -0.170 e. The van der Waals surface area contributed by atoms with Crippen molar-refractivity contribution in [1.82, 2.24) is 0 Å². The highest BCUT2D eigenvalue weighted by Gasteiger charge is 2.32. The fourth-order valence-corrected chi connectivity index (χ4v) is 7.54. The molecule has 0 aliphatic heterocycles. The molecule has 1 rings (SSSR count). The van der Waals surface area contributed by atoms with Gasteiger partial charge in [-0.3, -0.25) is 0 Å². The Morgan fingerprint density at radius 3 is 1.77 bits per heavy atom. The number of hydrogen-bond acceptors (Lipinski definition) is 0. The Labute approximate surface area is 140 Å². The van der Waals surface area contributed by atoms with Crippen LogP contribution in [0.4, 0.5) is 0 Å². The molecule has 1 aromatic rings. The third kappa shape index (κ3) is 4.56. The molecule has 124 valence electrons. The van der Waals surface area contributed by atoms with Crippen LogP contribution in [0.25, 0.3) is 0 Å². The van der Waals surface area contributed by atoms with Crippen molar-refractivity contribution in [3.05, 3.63) is 35.4 Å². The molecule has 0 saturated heterocycles. The van der Waals surface area contributed by atoms with Crippen LogP contribution in [-0.4, -0.2) is 15.7 Å². The number of aryl methyl sites for hydroxylation is 1. The van der Waals surface area contributed by atoms with E-state index in [4.69, 9.17) is 0 Å². The molecule has 0 atom stereocenters. The molecule has 1 heteroatoms. The lowest BCUT2D eigenvalue weighted by Gasteiger charge is -2.46. The molecule has 0 amide bonds. The normalized spacial score (nSPS) is 12.6. The van der Waals surface area contributed by atoms with Gasteiger partial charge < -0.3 is 0 Å². The highest BCUT2D eigenvalue weighted by molar-refractivity contribution is 8.38. The van der Waals surface area contributed by atoms with Gasteiger partial charge in [-0.1, -0.05) is 72.9 Å². The second kappa shape index (κ2) is 8.68. The first-order chi connectivity index (χ1) is 10.3. The number of rotatable bonds is 6. The molecule has 0 N–H and O–H groups in total. The summed E-state index contributed by atoms with van der Waals surface area (Å²) in [5, 5.41) is 5.67. The molecular formula is C21H34S. The third-order valence-corrected chi connectivity index (χ3v) is 9.62. The predicted octanol–water partition coefficient (Wildman–Crippen LogP) is 6.37. The van der Waals surface area contributed by atoms with Crippen LogP contribution in [0.5, 0.6) is 0 Å². The van der Waals surface area contributed by atoms with E-state index in [9.17, 15) is 0 Å². The van der Waals surface area contributed by atoms with E-state index in [1.165, 1.54) is 30.4 Å². The van der Waals surface area contributed by atoms with E-state index in [-0.39, 0.29) is 0 Å². The Hall–Kier alpha value is -0.870. The van der Waals surface area contributed by atoms with Crippen LogP contribution in [-0.2, 0) is 6.42 Å². The average Bonchev–Trinajstić information content (AvgIpc) is 2.45. The van der Waals surface area contributed by atoms with E-state index in [1.54, 1.807) is 0 Å². The van der Waals surface area contributed by atoms with Crippen LogP contribution in [0.1, 0.15) is 72.4 Å². The summed E-state index contributed by atoms with van der Waals surface area (Å²) in [4.78, 5) is 0. The van der Waals surface area contributed by atoms with E-state index in [1.807, 2.05) is 0 Å². The zero-order chi connectivity index (χ0) is 16.8. The van der Waals surface area contributed by atoms with Crippen molar-refractivity contribution in [2.45, 2.75) is 83.5 Å². The Bertz CT molecular complexity index is 475. The van der Waals surface area contributed by atoms with Crippen LogP contribution >= 0.6 is 10.0 Å². The van der Waals surface area contributed by atoms with Gasteiger partial charge in [0, 0.05) is 5.56 Å². The molecule has 0 nitrogen and oxygen atoms in total. The van der Waals surface area contributed by atoms with Crippen molar-refractivity contribution in [2.24, 2.45) is 0 Å². The highest BCUT2D eigenvalue weighted by atomic mass is 32.3. The minimum atomic E-state index is -0.930. The van der Waals surface area contributed by atoms with Crippen LogP contribution in [0.2, 0.25) is 0 Å². The lowest BCUT2D eigenvalue weighted by Crippen LogP contribution is -2.27. The van der Waals surface area contributed by atoms with E-state index in [2.05, 4.69) is 83.9 Å². The molecule has 0 spiro atoms. The average molecular weight is 319 g/mol. The van der Waals surface area contributed by atoms with Crippen molar-refractivity contribution >= 4 is 10.0 Å². The van der Waals surface area contributed by atoms with Crippen LogP contribution in [0.3, 0.4) is 0 Å². The minimum absolute atomic E-state index is 0.642. The first kappa shape index (κ1) is 19.2. The van der Waals surface area contributed by atoms with Gasteiger partial charge in [0.05, 0.1) is 0 Å². The van der Waals surface area contributed by atoms with Gasteiger partial charge in [0.1, 0.15) is 0 Å². The summed E-state index contributed by atoms with van der Waals surface area (Å²) in [6.07, 6.45) is 3.71. The molecule has 0 saturated carbocycles. The van der Waals surface area contributed by atoms with Crippen molar-refractivity contribution in [3.63, 3.8) is 0 Å². The van der Waals surface area contributed by atoms with Crippen LogP contribution in [0.15, 0.2) is 24.3 Å². The van der Waals surface area contributed by atoms with Crippen molar-refractivity contribution in [2.75, 3.05) is 0 Å². The quantitative estimate of drug-likeness (QED) is 0.535. The van der Waals surface area contributed by atoms with E-state index in [0.717, 1.165) is 0 Å². The van der Waals surface area contributed by atoms with Crippen LogP contribution in [0, 0.1) is 11.2 Å². The molecule has 1 aromatic carbocycles. The van der Waals surface area contributed by atoms with Crippen LogP contribution < -0.4 is 0 Å². The Morgan fingerprint density at radius 2 is 1.36 bits per heavy atom. The first-order valence-electron chi connectivity index (χ1n) is 8.76.